The number of halogens is 1. The molecule has 1 aliphatic rings. The van der Waals surface area contributed by atoms with Gasteiger partial charge < -0.3 is 5.32 Å². The smallest absolute Gasteiger partial charge is 0.239 e. The fourth-order valence-electron chi connectivity index (χ4n) is 2.51. The lowest BCUT2D eigenvalue weighted by Crippen LogP contribution is -2.39. The molecule has 2 rings (SSSR count). The van der Waals surface area contributed by atoms with Crippen molar-refractivity contribution in [2.75, 3.05) is 0 Å². The van der Waals surface area contributed by atoms with Crippen LogP contribution in [0.25, 0.3) is 5.57 Å². The summed E-state index contributed by atoms with van der Waals surface area (Å²) in [5.41, 5.74) is 0.00687. The number of hydrogen-bond acceptors (Lipinski definition) is 4. The largest absolute Gasteiger partial charge is 0.343 e. The van der Waals surface area contributed by atoms with E-state index in [2.05, 4.69) is 15.4 Å². The van der Waals surface area contributed by atoms with E-state index >= 15 is 0 Å². The zero-order valence-electron chi connectivity index (χ0n) is 14.0. The molecule has 1 amide bonds. The summed E-state index contributed by atoms with van der Waals surface area (Å²) in [6.45, 7) is 7.15. The normalized spacial score (nSPS) is 21.7. The molecular weight excluding hydrogens is 316 g/mol. The molecule has 1 fully saturated rings. The van der Waals surface area contributed by atoms with Gasteiger partial charge in [-0.05, 0) is 38.8 Å². The molecule has 1 aromatic rings. The van der Waals surface area contributed by atoms with E-state index in [0.29, 0.717) is 23.1 Å². The van der Waals surface area contributed by atoms with Crippen molar-refractivity contribution in [3.05, 3.63) is 28.8 Å². The van der Waals surface area contributed by atoms with E-state index in [4.69, 9.17) is 11.6 Å². The molecule has 0 radical (unpaired) electrons. The molecule has 1 aliphatic heterocycles. The number of carbonyl (C=O) groups is 2. The highest BCUT2D eigenvalue weighted by Crippen LogP contribution is 2.29. The van der Waals surface area contributed by atoms with Crippen molar-refractivity contribution >= 4 is 28.9 Å². The summed E-state index contributed by atoms with van der Waals surface area (Å²) in [6.07, 6.45) is 4.33. The van der Waals surface area contributed by atoms with Gasteiger partial charge in [-0.2, -0.15) is 5.10 Å². The molecule has 1 unspecified atom stereocenters. The van der Waals surface area contributed by atoms with Crippen molar-refractivity contribution in [2.45, 2.75) is 45.6 Å². The molecule has 6 nitrogen and oxygen atoms in total. The van der Waals surface area contributed by atoms with Crippen LogP contribution in [0.5, 0.6) is 0 Å². The first-order chi connectivity index (χ1) is 10.7. The number of Topliss-reactive ketones (excluding diaryl/α,β-unsaturated/α-hetero) is 1. The van der Waals surface area contributed by atoms with Crippen LogP contribution in [0.1, 0.15) is 51.7 Å². The van der Waals surface area contributed by atoms with Crippen molar-refractivity contribution < 1.29 is 9.59 Å². The van der Waals surface area contributed by atoms with Gasteiger partial charge in [0.05, 0.1) is 5.54 Å². The summed E-state index contributed by atoms with van der Waals surface area (Å²) in [6, 6.07) is 0. The Kier molecular flexibility index (Phi) is 4.75. The van der Waals surface area contributed by atoms with Crippen molar-refractivity contribution in [3.8, 4) is 0 Å². The van der Waals surface area contributed by atoms with Gasteiger partial charge in [-0.3, -0.25) is 14.3 Å². The Bertz CT molecular complexity index is 712. The fraction of sp³-hybridized carbons (Fsp3) is 0.500. The van der Waals surface area contributed by atoms with E-state index in [-0.39, 0.29) is 11.7 Å². The molecule has 7 heteroatoms. The number of ketones is 1. The number of aryl methyl sites for hydroxylation is 1. The number of aromatic nitrogens is 3. The summed E-state index contributed by atoms with van der Waals surface area (Å²) in [4.78, 5) is 29.0. The zero-order chi connectivity index (χ0) is 17.4. The Labute approximate surface area is 140 Å². The highest BCUT2D eigenvalue weighted by Gasteiger charge is 2.49. The van der Waals surface area contributed by atoms with Gasteiger partial charge in [0.25, 0.3) is 0 Å². The summed E-state index contributed by atoms with van der Waals surface area (Å²) >= 11 is 5.85. The second kappa shape index (κ2) is 6.28. The van der Waals surface area contributed by atoms with Crippen LogP contribution in [0, 0.1) is 0 Å². The van der Waals surface area contributed by atoms with Gasteiger partial charge in [-0.25, -0.2) is 4.98 Å². The topological polar surface area (TPSA) is 76.9 Å². The van der Waals surface area contributed by atoms with Crippen LogP contribution in [-0.4, -0.2) is 32.0 Å². The first kappa shape index (κ1) is 17.4. The van der Waals surface area contributed by atoms with Crippen LogP contribution in [-0.2, 0) is 16.6 Å². The molecule has 0 saturated carbocycles. The molecule has 2 heterocycles. The lowest BCUT2D eigenvalue weighted by atomic mass is 9.94. The Morgan fingerprint density at radius 2 is 2.04 bits per heavy atom. The van der Waals surface area contributed by atoms with Gasteiger partial charge in [0.1, 0.15) is 5.82 Å². The van der Waals surface area contributed by atoms with E-state index in [1.54, 1.807) is 33.9 Å². The molecule has 0 aliphatic carbocycles. The standard InChI is InChI=1S/C16H21ClN4O2/c1-6-10(8-7-9(2)17)13-18-14(21(5)20-13)11-12(22)16(3,4)19-15(11)23/h7-8,11H,6H2,1-5H3,(H,19,23)/b9-7?,10-8+. The van der Waals surface area contributed by atoms with Crippen LogP contribution < -0.4 is 5.32 Å². The van der Waals surface area contributed by atoms with Crippen LogP contribution in [0.2, 0.25) is 0 Å². The highest BCUT2D eigenvalue weighted by molar-refractivity contribution is 6.29. The minimum Gasteiger partial charge on any atom is -0.343 e. The molecule has 1 N–H and O–H groups in total. The van der Waals surface area contributed by atoms with Gasteiger partial charge >= 0.3 is 0 Å². The second-order valence-corrected chi connectivity index (χ2v) is 6.72. The Morgan fingerprint density at radius 3 is 2.52 bits per heavy atom. The average molecular weight is 337 g/mol. The number of hydrogen-bond donors (Lipinski definition) is 1. The number of carbonyl (C=O) groups excluding carboxylic acids is 2. The van der Waals surface area contributed by atoms with Gasteiger partial charge in [0.2, 0.25) is 5.91 Å². The van der Waals surface area contributed by atoms with Crippen LogP contribution >= 0.6 is 11.6 Å². The number of rotatable bonds is 4. The Balaban J connectivity index is 2.43. The minimum absolute atomic E-state index is 0.192. The lowest BCUT2D eigenvalue weighted by molar-refractivity contribution is -0.125. The highest BCUT2D eigenvalue weighted by atomic mass is 35.5. The molecule has 1 atom stereocenters. The van der Waals surface area contributed by atoms with Gasteiger partial charge in [-0.1, -0.05) is 24.6 Å². The van der Waals surface area contributed by atoms with E-state index in [0.717, 1.165) is 5.57 Å². The Hall–Kier alpha value is -1.95. The SMILES string of the molecule is CC/C(=C\C=C(C)Cl)c1nc(C2C(=O)NC(C)(C)C2=O)n(C)n1. The number of nitrogens with one attached hydrogen (secondary N) is 1. The monoisotopic (exact) mass is 336 g/mol. The molecule has 0 aromatic carbocycles. The van der Waals surface area contributed by atoms with E-state index in [9.17, 15) is 9.59 Å². The van der Waals surface area contributed by atoms with Crippen LogP contribution in [0.3, 0.4) is 0 Å². The fourth-order valence-corrected chi connectivity index (χ4v) is 2.57. The quantitative estimate of drug-likeness (QED) is 0.676. The van der Waals surface area contributed by atoms with Gasteiger partial charge in [-0.15, -0.1) is 0 Å². The molecular formula is C16H21ClN4O2. The molecule has 0 spiro atoms. The number of nitrogens with zero attached hydrogens (tertiary/aromatic N) is 3. The van der Waals surface area contributed by atoms with E-state index < -0.39 is 11.5 Å². The summed E-state index contributed by atoms with van der Waals surface area (Å²) < 4.78 is 1.50. The first-order valence-electron chi connectivity index (χ1n) is 7.48. The van der Waals surface area contributed by atoms with Crippen molar-refractivity contribution in [2.24, 2.45) is 7.05 Å². The second-order valence-electron chi connectivity index (χ2n) is 6.13. The minimum atomic E-state index is -0.917. The number of amides is 1. The summed E-state index contributed by atoms with van der Waals surface area (Å²) in [5.74, 6) is -0.577. The molecule has 1 saturated heterocycles. The van der Waals surface area contributed by atoms with Gasteiger partial charge in [0.15, 0.2) is 17.5 Å². The maximum absolute atomic E-state index is 12.4. The lowest BCUT2D eigenvalue weighted by Gasteiger charge is -2.14. The molecule has 0 bridgehead atoms. The zero-order valence-corrected chi connectivity index (χ0v) is 14.7. The average Bonchev–Trinajstić information content (AvgIpc) is 2.89. The van der Waals surface area contributed by atoms with Crippen molar-refractivity contribution in [3.63, 3.8) is 0 Å². The first-order valence-corrected chi connectivity index (χ1v) is 7.85. The number of allylic oxidation sites excluding steroid dienone is 4. The van der Waals surface area contributed by atoms with Crippen molar-refractivity contribution in [1.29, 1.82) is 0 Å². The third-order valence-electron chi connectivity index (χ3n) is 3.81. The molecule has 1 aromatic heterocycles. The van der Waals surface area contributed by atoms with Crippen LogP contribution in [0.15, 0.2) is 17.2 Å². The summed E-state index contributed by atoms with van der Waals surface area (Å²) in [7, 11) is 1.69. The molecule has 23 heavy (non-hydrogen) atoms. The predicted molar refractivity (Wildman–Crippen MR) is 88.9 cm³/mol. The maximum Gasteiger partial charge on any atom is 0.239 e. The Morgan fingerprint density at radius 1 is 1.39 bits per heavy atom. The van der Waals surface area contributed by atoms with E-state index in [1.807, 2.05) is 13.0 Å². The summed E-state index contributed by atoms with van der Waals surface area (Å²) in [5, 5.41) is 7.71. The molecule has 124 valence electrons. The predicted octanol–water partition coefficient (Wildman–Crippen LogP) is 2.31. The third kappa shape index (κ3) is 3.37. The van der Waals surface area contributed by atoms with Crippen molar-refractivity contribution in [1.82, 2.24) is 20.1 Å². The third-order valence-corrected chi connectivity index (χ3v) is 3.94. The van der Waals surface area contributed by atoms with Crippen LogP contribution in [0.4, 0.5) is 0 Å². The van der Waals surface area contributed by atoms with Gasteiger partial charge in [0, 0.05) is 12.1 Å². The van der Waals surface area contributed by atoms with E-state index in [1.165, 1.54) is 4.68 Å². The maximum atomic E-state index is 12.4.